The van der Waals surface area contributed by atoms with Gasteiger partial charge in [-0.25, -0.2) is 4.79 Å². The monoisotopic (exact) mass is 369 g/mol. The molecule has 1 aliphatic rings. The van der Waals surface area contributed by atoms with Crippen LogP contribution in [0.15, 0.2) is 66.4 Å². The summed E-state index contributed by atoms with van der Waals surface area (Å²) in [6.45, 7) is 0.205. The summed E-state index contributed by atoms with van der Waals surface area (Å²) in [5.41, 5.74) is 2.15. The van der Waals surface area contributed by atoms with Crippen LogP contribution in [0.4, 0.5) is 4.79 Å². The Kier molecular flexibility index (Phi) is 4.48. The summed E-state index contributed by atoms with van der Waals surface area (Å²) >= 11 is 0. The van der Waals surface area contributed by atoms with Gasteiger partial charge in [0.1, 0.15) is 18.1 Å². The first-order valence-corrected chi connectivity index (χ1v) is 8.62. The zero-order chi connectivity index (χ0) is 19.5. The number of nitrogens with one attached hydrogen (secondary N) is 2. The number of carbonyl (C=O) groups is 2. The SMILES string of the molecule is N#Cc1ccccc1COc1ccc2ccccc2c1/C=C1/NC(=O)NC1=O. The summed E-state index contributed by atoms with van der Waals surface area (Å²) in [5, 5.41) is 15.8. The second-order valence-corrected chi connectivity index (χ2v) is 6.22. The number of imide groups is 1. The molecule has 4 rings (SSSR count). The third-order valence-corrected chi connectivity index (χ3v) is 4.46. The molecule has 3 aromatic rings. The lowest BCUT2D eigenvalue weighted by Crippen LogP contribution is -2.22. The molecule has 1 heterocycles. The lowest BCUT2D eigenvalue weighted by atomic mass is 10.0. The van der Waals surface area contributed by atoms with E-state index in [1.165, 1.54) is 0 Å². The third kappa shape index (κ3) is 3.29. The summed E-state index contributed by atoms with van der Waals surface area (Å²) in [5.74, 6) is 0.0617. The van der Waals surface area contributed by atoms with Gasteiger partial charge in [-0.05, 0) is 29.0 Å². The van der Waals surface area contributed by atoms with Crippen molar-refractivity contribution < 1.29 is 14.3 Å². The van der Waals surface area contributed by atoms with Gasteiger partial charge >= 0.3 is 6.03 Å². The van der Waals surface area contributed by atoms with Crippen molar-refractivity contribution in [1.29, 1.82) is 5.26 Å². The first-order chi connectivity index (χ1) is 13.7. The first-order valence-electron chi connectivity index (χ1n) is 8.62. The largest absolute Gasteiger partial charge is 0.488 e. The molecule has 1 aliphatic heterocycles. The number of ether oxygens (including phenoxy) is 1. The van der Waals surface area contributed by atoms with Crippen molar-refractivity contribution >= 4 is 28.8 Å². The van der Waals surface area contributed by atoms with Crippen molar-refractivity contribution in [2.24, 2.45) is 0 Å². The number of hydrogen-bond donors (Lipinski definition) is 2. The van der Waals surface area contributed by atoms with Crippen LogP contribution in [0.1, 0.15) is 16.7 Å². The fraction of sp³-hybridized carbons (Fsp3) is 0.0455. The Balaban J connectivity index is 1.76. The summed E-state index contributed by atoms with van der Waals surface area (Å²) in [6.07, 6.45) is 1.61. The van der Waals surface area contributed by atoms with E-state index in [-0.39, 0.29) is 12.3 Å². The number of benzene rings is 3. The van der Waals surface area contributed by atoms with E-state index < -0.39 is 11.9 Å². The Bertz CT molecular complexity index is 1180. The Morgan fingerprint density at radius 1 is 0.964 bits per heavy atom. The van der Waals surface area contributed by atoms with Crippen molar-refractivity contribution in [3.05, 3.63) is 83.1 Å². The number of nitriles is 1. The van der Waals surface area contributed by atoms with E-state index in [0.29, 0.717) is 16.9 Å². The second-order valence-electron chi connectivity index (χ2n) is 6.22. The lowest BCUT2D eigenvalue weighted by Gasteiger charge is -2.13. The number of nitrogens with zero attached hydrogens (tertiary/aromatic N) is 1. The molecule has 3 aromatic carbocycles. The molecule has 0 bridgehead atoms. The van der Waals surface area contributed by atoms with E-state index in [1.807, 2.05) is 48.5 Å². The minimum Gasteiger partial charge on any atom is -0.488 e. The number of hydrogen-bond acceptors (Lipinski definition) is 4. The zero-order valence-electron chi connectivity index (χ0n) is 14.7. The maximum atomic E-state index is 12.0. The van der Waals surface area contributed by atoms with Gasteiger partial charge in [0.05, 0.1) is 11.6 Å². The molecule has 136 valence electrons. The molecule has 3 amide bonds. The first kappa shape index (κ1) is 17.3. The molecule has 0 aromatic heterocycles. The molecule has 1 fully saturated rings. The van der Waals surface area contributed by atoms with Gasteiger partial charge in [0.25, 0.3) is 5.91 Å². The molecule has 6 nitrogen and oxygen atoms in total. The molecule has 1 saturated heterocycles. The van der Waals surface area contributed by atoms with Crippen LogP contribution in [0.5, 0.6) is 5.75 Å². The molecule has 0 radical (unpaired) electrons. The van der Waals surface area contributed by atoms with Crippen molar-refractivity contribution in [2.75, 3.05) is 0 Å². The molecule has 0 atom stereocenters. The van der Waals surface area contributed by atoms with Crippen molar-refractivity contribution in [2.45, 2.75) is 6.61 Å². The summed E-state index contributed by atoms with van der Waals surface area (Å²) < 4.78 is 6.01. The zero-order valence-corrected chi connectivity index (χ0v) is 14.7. The molecule has 0 unspecified atom stereocenters. The molecule has 2 N–H and O–H groups in total. The van der Waals surface area contributed by atoms with Gasteiger partial charge in [-0.15, -0.1) is 0 Å². The van der Waals surface area contributed by atoms with Crippen LogP contribution in [0.3, 0.4) is 0 Å². The van der Waals surface area contributed by atoms with Gasteiger partial charge < -0.3 is 10.1 Å². The number of amides is 3. The van der Waals surface area contributed by atoms with E-state index in [4.69, 9.17) is 4.74 Å². The average Bonchev–Trinajstić information content (AvgIpc) is 3.04. The van der Waals surface area contributed by atoms with Crippen LogP contribution in [0.25, 0.3) is 16.8 Å². The predicted molar refractivity (Wildman–Crippen MR) is 104 cm³/mol. The van der Waals surface area contributed by atoms with E-state index in [1.54, 1.807) is 18.2 Å². The minimum atomic E-state index is -0.554. The van der Waals surface area contributed by atoms with E-state index in [2.05, 4.69) is 16.7 Å². The Morgan fingerprint density at radius 2 is 1.75 bits per heavy atom. The van der Waals surface area contributed by atoms with Gasteiger partial charge in [0.2, 0.25) is 0 Å². The Morgan fingerprint density at radius 3 is 2.54 bits per heavy atom. The van der Waals surface area contributed by atoms with E-state index in [9.17, 15) is 14.9 Å². The van der Waals surface area contributed by atoms with Crippen LogP contribution >= 0.6 is 0 Å². The fourth-order valence-corrected chi connectivity index (χ4v) is 3.09. The standard InChI is InChI=1S/C22H15N3O3/c23-12-15-6-1-2-7-16(15)13-28-20-10-9-14-5-3-4-8-17(14)18(20)11-19-21(26)25-22(27)24-19/h1-11H,13H2,(H2,24,25,26,27)/b19-11+. The highest BCUT2D eigenvalue weighted by Gasteiger charge is 2.23. The third-order valence-electron chi connectivity index (χ3n) is 4.46. The highest BCUT2D eigenvalue weighted by molar-refractivity contribution is 6.14. The van der Waals surface area contributed by atoms with Crippen molar-refractivity contribution in [3.63, 3.8) is 0 Å². The lowest BCUT2D eigenvalue weighted by molar-refractivity contribution is -0.115. The van der Waals surface area contributed by atoms with Gasteiger partial charge in [-0.2, -0.15) is 5.26 Å². The maximum Gasteiger partial charge on any atom is 0.326 e. The quantitative estimate of drug-likeness (QED) is 0.544. The van der Waals surface area contributed by atoms with Crippen molar-refractivity contribution in [1.82, 2.24) is 10.6 Å². The normalized spacial score (nSPS) is 14.6. The van der Waals surface area contributed by atoms with Crippen LogP contribution < -0.4 is 15.4 Å². The van der Waals surface area contributed by atoms with E-state index in [0.717, 1.165) is 16.3 Å². The van der Waals surface area contributed by atoms with Gasteiger partial charge in [0.15, 0.2) is 0 Å². The smallest absolute Gasteiger partial charge is 0.326 e. The molecular formula is C22H15N3O3. The molecule has 0 saturated carbocycles. The predicted octanol–water partition coefficient (Wildman–Crippen LogP) is 3.47. The van der Waals surface area contributed by atoms with Crippen LogP contribution in [0.2, 0.25) is 0 Å². The minimum absolute atomic E-state index is 0.156. The van der Waals surface area contributed by atoms with E-state index >= 15 is 0 Å². The molecule has 6 heteroatoms. The van der Waals surface area contributed by atoms with Gasteiger partial charge in [0, 0.05) is 11.1 Å². The summed E-state index contributed by atoms with van der Waals surface area (Å²) in [6, 6.07) is 20.3. The molecule has 0 aliphatic carbocycles. The van der Waals surface area contributed by atoms with Gasteiger partial charge in [-0.1, -0.05) is 48.5 Å². The van der Waals surface area contributed by atoms with Crippen LogP contribution in [-0.4, -0.2) is 11.9 Å². The summed E-state index contributed by atoms with van der Waals surface area (Å²) in [4.78, 5) is 23.4. The summed E-state index contributed by atoms with van der Waals surface area (Å²) in [7, 11) is 0. The number of rotatable bonds is 4. The molecule has 0 spiro atoms. The Hall–Kier alpha value is -4.11. The molecular weight excluding hydrogens is 354 g/mol. The number of fused-ring (bicyclic) bond motifs is 1. The van der Waals surface area contributed by atoms with Gasteiger partial charge in [-0.3, -0.25) is 10.1 Å². The highest BCUT2D eigenvalue weighted by atomic mass is 16.5. The van der Waals surface area contributed by atoms with Crippen LogP contribution in [-0.2, 0) is 11.4 Å². The maximum absolute atomic E-state index is 12.0. The second kappa shape index (κ2) is 7.25. The number of carbonyl (C=O) groups excluding carboxylic acids is 2. The Labute approximate surface area is 161 Å². The topological polar surface area (TPSA) is 91.2 Å². The van der Waals surface area contributed by atoms with Crippen molar-refractivity contribution in [3.8, 4) is 11.8 Å². The fourth-order valence-electron chi connectivity index (χ4n) is 3.09. The average molecular weight is 369 g/mol. The number of urea groups is 1. The highest BCUT2D eigenvalue weighted by Crippen LogP contribution is 2.31. The molecule has 28 heavy (non-hydrogen) atoms. The van der Waals surface area contributed by atoms with Crippen LogP contribution in [0, 0.1) is 11.3 Å².